The van der Waals surface area contributed by atoms with Crippen molar-refractivity contribution in [3.05, 3.63) is 41.1 Å². The fourth-order valence-electron chi connectivity index (χ4n) is 2.15. The monoisotopic (exact) mass is 244 g/mol. The Labute approximate surface area is 103 Å². The third-order valence-corrected chi connectivity index (χ3v) is 3.08. The number of ether oxygens (including phenoxy) is 1. The molecular formula is C13H12N2O3. The van der Waals surface area contributed by atoms with Crippen LogP contribution in [0.15, 0.2) is 24.3 Å². The summed E-state index contributed by atoms with van der Waals surface area (Å²) in [6.45, 7) is 1.22. The van der Waals surface area contributed by atoms with Gasteiger partial charge in [0.15, 0.2) is 0 Å². The van der Waals surface area contributed by atoms with Crippen molar-refractivity contribution in [3.8, 4) is 11.3 Å². The number of aromatic nitrogens is 2. The van der Waals surface area contributed by atoms with Crippen LogP contribution in [0.4, 0.5) is 0 Å². The SMILES string of the molecule is O=C(O)c1cccc(-c2n[nH]c3c2COCC3)c1. The first-order valence-corrected chi connectivity index (χ1v) is 5.73. The van der Waals surface area contributed by atoms with Crippen molar-refractivity contribution in [1.29, 1.82) is 0 Å². The molecule has 0 unspecified atom stereocenters. The van der Waals surface area contributed by atoms with Crippen LogP contribution in [0.3, 0.4) is 0 Å². The van der Waals surface area contributed by atoms with Crippen molar-refractivity contribution in [1.82, 2.24) is 10.2 Å². The van der Waals surface area contributed by atoms with Gasteiger partial charge in [-0.2, -0.15) is 5.10 Å². The van der Waals surface area contributed by atoms with Gasteiger partial charge >= 0.3 is 5.97 Å². The molecule has 0 saturated heterocycles. The molecule has 1 aliphatic rings. The Bertz CT molecular complexity index is 604. The number of aromatic carboxylic acids is 1. The van der Waals surface area contributed by atoms with Gasteiger partial charge in [0, 0.05) is 23.2 Å². The lowest BCUT2D eigenvalue weighted by molar-refractivity contribution is 0.0697. The number of carboxylic acid groups (broad SMARTS) is 1. The minimum absolute atomic E-state index is 0.265. The number of aromatic amines is 1. The van der Waals surface area contributed by atoms with Gasteiger partial charge < -0.3 is 9.84 Å². The molecule has 0 spiro atoms. The van der Waals surface area contributed by atoms with Crippen LogP contribution in [-0.2, 0) is 17.8 Å². The van der Waals surface area contributed by atoms with Gasteiger partial charge in [-0.1, -0.05) is 12.1 Å². The molecular weight excluding hydrogens is 232 g/mol. The lowest BCUT2D eigenvalue weighted by Crippen LogP contribution is -2.09. The highest BCUT2D eigenvalue weighted by Crippen LogP contribution is 2.27. The van der Waals surface area contributed by atoms with Crippen LogP contribution in [0.25, 0.3) is 11.3 Å². The second-order valence-electron chi connectivity index (χ2n) is 4.22. The second-order valence-corrected chi connectivity index (χ2v) is 4.22. The van der Waals surface area contributed by atoms with Gasteiger partial charge in [-0.25, -0.2) is 4.79 Å². The number of benzene rings is 1. The van der Waals surface area contributed by atoms with Crippen molar-refractivity contribution in [3.63, 3.8) is 0 Å². The van der Waals surface area contributed by atoms with Crippen LogP contribution in [-0.4, -0.2) is 27.9 Å². The number of nitrogens with zero attached hydrogens (tertiary/aromatic N) is 1. The Morgan fingerprint density at radius 1 is 1.44 bits per heavy atom. The molecule has 92 valence electrons. The van der Waals surface area contributed by atoms with Crippen LogP contribution in [0.1, 0.15) is 21.6 Å². The molecule has 1 aromatic heterocycles. The number of fused-ring (bicyclic) bond motifs is 1. The van der Waals surface area contributed by atoms with Crippen molar-refractivity contribution in [2.75, 3.05) is 6.61 Å². The first-order valence-electron chi connectivity index (χ1n) is 5.73. The number of hydrogen-bond donors (Lipinski definition) is 2. The summed E-state index contributed by atoms with van der Waals surface area (Å²) < 4.78 is 5.42. The van der Waals surface area contributed by atoms with Gasteiger partial charge in [-0.15, -0.1) is 0 Å². The summed E-state index contributed by atoms with van der Waals surface area (Å²) in [5.74, 6) is -0.933. The zero-order valence-electron chi connectivity index (χ0n) is 9.64. The summed E-state index contributed by atoms with van der Waals surface area (Å²) >= 11 is 0. The average Bonchev–Trinajstić information content (AvgIpc) is 2.82. The highest BCUT2D eigenvalue weighted by molar-refractivity contribution is 5.89. The number of nitrogens with one attached hydrogen (secondary N) is 1. The number of rotatable bonds is 2. The number of H-pyrrole nitrogens is 1. The Morgan fingerprint density at radius 3 is 3.17 bits per heavy atom. The van der Waals surface area contributed by atoms with E-state index in [0.717, 1.165) is 28.9 Å². The number of hydrogen-bond acceptors (Lipinski definition) is 3. The predicted octanol–water partition coefficient (Wildman–Crippen LogP) is 1.85. The lowest BCUT2D eigenvalue weighted by atomic mass is 10.0. The summed E-state index contributed by atoms with van der Waals surface area (Å²) in [4.78, 5) is 11.0. The number of carboxylic acids is 1. The van der Waals surface area contributed by atoms with Gasteiger partial charge in [0.2, 0.25) is 0 Å². The van der Waals surface area contributed by atoms with Crippen molar-refractivity contribution in [2.24, 2.45) is 0 Å². The maximum Gasteiger partial charge on any atom is 0.335 e. The van der Waals surface area contributed by atoms with E-state index >= 15 is 0 Å². The number of carbonyl (C=O) groups is 1. The maximum absolute atomic E-state index is 11.0. The van der Waals surface area contributed by atoms with Gasteiger partial charge in [0.25, 0.3) is 0 Å². The molecule has 0 amide bonds. The largest absolute Gasteiger partial charge is 0.478 e. The highest BCUT2D eigenvalue weighted by atomic mass is 16.5. The molecule has 5 heteroatoms. The van der Waals surface area contributed by atoms with E-state index in [1.54, 1.807) is 18.2 Å². The summed E-state index contributed by atoms with van der Waals surface area (Å²) in [7, 11) is 0. The maximum atomic E-state index is 11.0. The molecule has 18 heavy (non-hydrogen) atoms. The average molecular weight is 244 g/mol. The summed E-state index contributed by atoms with van der Waals surface area (Å²) in [5.41, 5.74) is 3.97. The highest BCUT2D eigenvalue weighted by Gasteiger charge is 2.18. The summed E-state index contributed by atoms with van der Waals surface area (Å²) in [6.07, 6.45) is 0.820. The Hall–Kier alpha value is -2.14. The van der Waals surface area contributed by atoms with E-state index in [-0.39, 0.29) is 5.56 Å². The molecule has 2 heterocycles. The quantitative estimate of drug-likeness (QED) is 0.845. The van der Waals surface area contributed by atoms with Gasteiger partial charge in [-0.05, 0) is 12.1 Å². The zero-order chi connectivity index (χ0) is 12.5. The minimum Gasteiger partial charge on any atom is -0.478 e. The molecule has 5 nitrogen and oxygen atoms in total. The summed E-state index contributed by atoms with van der Waals surface area (Å²) in [5, 5.41) is 16.3. The second kappa shape index (κ2) is 4.27. The van der Waals surface area contributed by atoms with Crippen molar-refractivity contribution < 1.29 is 14.6 Å². The molecule has 0 radical (unpaired) electrons. The normalized spacial score (nSPS) is 14.2. The first-order chi connectivity index (χ1) is 8.75. The van der Waals surface area contributed by atoms with Crippen LogP contribution in [0.2, 0.25) is 0 Å². The molecule has 0 saturated carbocycles. The zero-order valence-corrected chi connectivity index (χ0v) is 9.64. The molecule has 1 aliphatic heterocycles. The molecule has 0 fully saturated rings. The van der Waals surface area contributed by atoms with E-state index in [0.29, 0.717) is 13.2 Å². The summed E-state index contributed by atoms with van der Waals surface area (Å²) in [6, 6.07) is 6.79. The molecule has 2 aromatic rings. The Kier molecular flexibility index (Phi) is 2.60. The fraction of sp³-hybridized carbons (Fsp3) is 0.231. The van der Waals surface area contributed by atoms with E-state index in [9.17, 15) is 4.79 Å². The first kappa shape index (κ1) is 11.0. The standard InChI is InChI=1S/C13H12N2O3/c16-13(17)9-3-1-2-8(6-9)12-10-7-18-5-4-11(10)14-15-12/h1-3,6H,4-5,7H2,(H,14,15)(H,16,17). The van der Waals surface area contributed by atoms with Crippen LogP contribution >= 0.6 is 0 Å². The minimum atomic E-state index is -0.933. The molecule has 3 rings (SSSR count). The lowest BCUT2D eigenvalue weighted by Gasteiger charge is -2.12. The molecule has 0 bridgehead atoms. The van der Waals surface area contributed by atoms with E-state index < -0.39 is 5.97 Å². The van der Waals surface area contributed by atoms with Crippen molar-refractivity contribution in [2.45, 2.75) is 13.0 Å². The molecule has 1 aromatic carbocycles. The van der Waals surface area contributed by atoms with Gasteiger partial charge in [0.1, 0.15) is 0 Å². The Morgan fingerprint density at radius 2 is 2.33 bits per heavy atom. The van der Waals surface area contributed by atoms with Gasteiger partial charge in [-0.3, -0.25) is 5.10 Å². The van der Waals surface area contributed by atoms with Gasteiger partial charge in [0.05, 0.1) is 24.5 Å². The van der Waals surface area contributed by atoms with E-state index in [2.05, 4.69) is 10.2 Å². The Balaban J connectivity index is 2.07. The molecule has 0 aliphatic carbocycles. The third-order valence-electron chi connectivity index (χ3n) is 3.08. The predicted molar refractivity (Wildman–Crippen MR) is 64.3 cm³/mol. The topological polar surface area (TPSA) is 75.2 Å². The van der Waals surface area contributed by atoms with E-state index in [4.69, 9.17) is 9.84 Å². The fourth-order valence-corrected chi connectivity index (χ4v) is 2.15. The van der Waals surface area contributed by atoms with E-state index in [1.807, 2.05) is 6.07 Å². The van der Waals surface area contributed by atoms with E-state index in [1.165, 1.54) is 0 Å². The van der Waals surface area contributed by atoms with Crippen molar-refractivity contribution >= 4 is 5.97 Å². The van der Waals surface area contributed by atoms with Crippen LogP contribution in [0.5, 0.6) is 0 Å². The van der Waals surface area contributed by atoms with Crippen LogP contribution in [0, 0.1) is 0 Å². The molecule has 0 atom stereocenters. The third kappa shape index (κ3) is 1.78. The smallest absolute Gasteiger partial charge is 0.335 e. The molecule has 2 N–H and O–H groups in total. The van der Waals surface area contributed by atoms with Crippen LogP contribution < -0.4 is 0 Å².